The smallest absolute Gasteiger partial charge is 0.243 e. The van der Waals surface area contributed by atoms with Gasteiger partial charge in [-0.1, -0.05) is 29.8 Å². The number of para-hydroxylation sites is 1. The number of aromatic hydroxyl groups is 1. The number of nitrogens with zero attached hydrogens (tertiary/aromatic N) is 1. The van der Waals surface area contributed by atoms with Crippen LogP contribution < -0.4 is 10.6 Å². The fourth-order valence-corrected chi connectivity index (χ4v) is 2.69. The molecule has 2 rings (SSSR count). The first-order valence-corrected chi connectivity index (χ1v) is 7.34. The molecule has 2 aromatic carbocycles. The number of aryl methyl sites for hydroxylation is 1. The summed E-state index contributed by atoms with van der Waals surface area (Å²) in [7, 11) is 1.70. The number of likely N-dealkylation sites (N-methyl/N-ethyl adjacent to an activating group) is 1. The van der Waals surface area contributed by atoms with Gasteiger partial charge in [-0.25, -0.2) is 0 Å². The van der Waals surface area contributed by atoms with Gasteiger partial charge in [0.2, 0.25) is 5.91 Å². The van der Waals surface area contributed by atoms with Gasteiger partial charge in [-0.2, -0.15) is 0 Å². The molecule has 0 saturated heterocycles. The normalized spacial score (nSPS) is 12.0. The Morgan fingerprint density at radius 1 is 1.32 bits per heavy atom. The van der Waals surface area contributed by atoms with E-state index in [1.165, 1.54) is 11.0 Å². The molecule has 2 aromatic rings. The maximum atomic E-state index is 12.4. The number of anilines is 1. The summed E-state index contributed by atoms with van der Waals surface area (Å²) in [5.41, 5.74) is 8.43. The maximum Gasteiger partial charge on any atom is 0.243 e. The topological polar surface area (TPSA) is 66.6 Å². The maximum absolute atomic E-state index is 12.4. The van der Waals surface area contributed by atoms with Crippen molar-refractivity contribution < 1.29 is 9.90 Å². The zero-order chi connectivity index (χ0) is 16.3. The fraction of sp³-hybridized carbons (Fsp3) is 0.235. The van der Waals surface area contributed by atoms with Gasteiger partial charge in [-0.15, -0.1) is 0 Å². The van der Waals surface area contributed by atoms with Crippen molar-refractivity contribution in [2.75, 3.05) is 11.9 Å². The average molecular weight is 319 g/mol. The van der Waals surface area contributed by atoms with Crippen LogP contribution in [-0.2, 0) is 11.2 Å². The number of rotatable bonds is 4. The van der Waals surface area contributed by atoms with E-state index < -0.39 is 6.04 Å². The number of phenols is 1. The Balaban J connectivity index is 2.15. The van der Waals surface area contributed by atoms with E-state index in [2.05, 4.69) is 0 Å². The van der Waals surface area contributed by atoms with Crippen LogP contribution in [0.3, 0.4) is 0 Å². The van der Waals surface area contributed by atoms with Crippen molar-refractivity contribution in [1.82, 2.24) is 0 Å². The molecule has 0 saturated carbocycles. The van der Waals surface area contributed by atoms with E-state index in [-0.39, 0.29) is 11.7 Å². The SMILES string of the molecule is Cc1cc(O)cc(Cl)c1C[C@H](N)C(=O)N(C)c1ccccc1. The van der Waals surface area contributed by atoms with Gasteiger partial charge in [0.15, 0.2) is 0 Å². The molecule has 22 heavy (non-hydrogen) atoms. The van der Waals surface area contributed by atoms with E-state index in [0.717, 1.165) is 16.8 Å². The third-order valence-electron chi connectivity index (χ3n) is 3.62. The zero-order valence-electron chi connectivity index (χ0n) is 12.6. The number of nitrogens with two attached hydrogens (primary N) is 1. The highest BCUT2D eigenvalue weighted by atomic mass is 35.5. The van der Waals surface area contributed by atoms with Crippen LogP contribution in [0.4, 0.5) is 5.69 Å². The minimum absolute atomic E-state index is 0.104. The molecule has 3 N–H and O–H groups in total. The Kier molecular flexibility index (Phi) is 5.06. The first kappa shape index (κ1) is 16.3. The van der Waals surface area contributed by atoms with Crippen LogP contribution in [0.25, 0.3) is 0 Å². The Hall–Kier alpha value is -2.04. The molecule has 0 unspecified atom stereocenters. The van der Waals surface area contributed by atoms with E-state index >= 15 is 0 Å². The van der Waals surface area contributed by atoms with E-state index in [1.54, 1.807) is 13.1 Å². The Morgan fingerprint density at radius 2 is 1.95 bits per heavy atom. The molecule has 0 fully saturated rings. The number of benzene rings is 2. The van der Waals surface area contributed by atoms with Crippen LogP contribution in [0.15, 0.2) is 42.5 Å². The zero-order valence-corrected chi connectivity index (χ0v) is 13.3. The van der Waals surface area contributed by atoms with Gasteiger partial charge in [0.25, 0.3) is 0 Å². The molecular weight excluding hydrogens is 300 g/mol. The van der Waals surface area contributed by atoms with Crippen molar-refractivity contribution in [3.63, 3.8) is 0 Å². The summed E-state index contributed by atoms with van der Waals surface area (Å²) in [5, 5.41) is 9.93. The average Bonchev–Trinajstić information content (AvgIpc) is 2.50. The van der Waals surface area contributed by atoms with E-state index in [1.807, 2.05) is 37.3 Å². The fourth-order valence-electron chi connectivity index (χ4n) is 2.35. The highest BCUT2D eigenvalue weighted by molar-refractivity contribution is 6.31. The molecule has 0 heterocycles. The van der Waals surface area contributed by atoms with Crippen LogP contribution in [0, 0.1) is 6.92 Å². The van der Waals surface area contributed by atoms with Gasteiger partial charge >= 0.3 is 0 Å². The molecule has 0 bridgehead atoms. The summed E-state index contributed by atoms with van der Waals surface area (Å²) in [6.07, 6.45) is 0.320. The molecule has 4 nitrogen and oxygen atoms in total. The second-order valence-electron chi connectivity index (χ2n) is 5.27. The van der Waals surface area contributed by atoms with Gasteiger partial charge in [-0.05, 0) is 48.7 Å². The predicted molar refractivity (Wildman–Crippen MR) is 89.4 cm³/mol. The van der Waals surface area contributed by atoms with Crippen molar-refractivity contribution in [2.45, 2.75) is 19.4 Å². The molecule has 5 heteroatoms. The second kappa shape index (κ2) is 6.81. The Labute approximate surface area is 135 Å². The highest BCUT2D eigenvalue weighted by Crippen LogP contribution is 2.27. The standard InChI is InChI=1S/C17H19ClN2O2/c1-11-8-13(21)9-15(18)14(11)10-16(19)17(22)20(2)12-6-4-3-5-7-12/h3-9,16,21H,10,19H2,1-2H3/t16-/m0/s1. The van der Waals surface area contributed by atoms with E-state index in [0.29, 0.717) is 11.4 Å². The van der Waals surface area contributed by atoms with E-state index in [4.69, 9.17) is 17.3 Å². The summed E-state index contributed by atoms with van der Waals surface area (Å²) in [6, 6.07) is 11.7. The molecule has 0 radical (unpaired) electrons. The minimum Gasteiger partial charge on any atom is -0.508 e. The molecule has 116 valence electrons. The van der Waals surface area contributed by atoms with Crippen LogP contribution in [0.2, 0.25) is 5.02 Å². The third-order valence-corrected chi connectivity index (χ3v) is 3.96. The Bertz CT molecular complexity index is 651. The lowest BCUT2D eigenvalue weighted by atomic mass is 10.00. The molecule has 0 aromatic heterocycles. The molecule has 1 amide bonds. The van der Waals surface area contributed by atoms with Crippen molar-refractivity contribution >= 4 is 23.2 Å². The molecule has 0 aliphatic heterocycles. The predicted octanol–water partition coefficient (Wildman–Crippen LogP) is 2.89. The van der Waals surface area contributed by atoms with Gasteiger partial charge in [0.05, 0.1) is 6.04 Å². The van der Waals surface area contributed by atoms with Crippen LogP contribution >= 0.6 is 11.6 Å². The van der Waals surface area contributed by atoms with Gasteiger partial charge < -0.3 is 15.7 Å². The van der Waals surface area contributed by atoms with Crippen molar-refractivity contribution in [1.29, 1.82) is 0 Å². The summed E-state index contributed by atoms with van der Waals surface area (Å²) in [4.78, 5) is 14.0. The largest absolute Gasteiger partial charge is 0.508 e. The van der Waals surface area contributed by atoms with Crippen molar-refractivity contribution in [2.24, 2.45) is 5.73 Å². The summed E-state index contributed by atoms with van der Waals surface area (Å²) >= 11 is 6.14. The number of carbonyl (C=O) groups is 1. The van der Waals surface area contributed by atoms with Crippen molar-refractivity contribution in [3.05, 3.63) is 58.6 Å². The monoisotopic (exact) mass is 318 g/mol. The summed E-state index contributed by atoms with van der Waals surface area (Å²) in [6.45, 7) is 1.83. The van der Waals surface area contributed by atoms with Crippen LogP contribution in [-0.4, -0.2) is 24.1 Å². The first-order chi connectivity index (χ1) is 10.4. The lowest BCUT2D eigenvalue weighted by Gasteiger charge is -2.22. The van der Waals surface area contributed by atoms with E-state index in [9.17, 15) is 9.90 Å². The molecule has 0 aliphatic rings. The van der Waals surface area contributed by atoms with Crippen LogP contribution in [0.1, 0.15) is 11.1 Å². The minimum atomic E-state index is -0.703. The van der Waals surface area contributed by atoms with Gasteiger partial charge in [0, 0.05) is 17.8 Å². The Morgan fingerprint density at radius 3 is 2.55 bits per heavy atom. The molecule has 1 atom stereocenters. The van der Waals surface area contributed by atoms with Gasteiger partial charge in [-0.3, -0.25) is 4.79 Å². The van der Waals surface area contributed by atoms with Crippen molar-refractivity contribution in [3.8, 4) is 5.75 Å². The number of halogens is 1. The number of hydrogen-bond donors (Lipinski definition) is 2. The first-order valence-electron chi connectivity index (χ1n) is 6.96. The lowest BCUT2D eigenvalue weighted by molar-refractivity contribution is -0.119. The molecular formula is C17H19ClN2O2. The summed E-state index contributed by atoms with van der Waals surface area (Å²) < 4.78 is 0. The highest BCUT2D eigenvalue weighted by Gasteiger charge is 2.21. The number of hydrogen-bond acceptors (Lipinski definition) is 3. The summed E-state index contributed by atoms with van der Waals surface area (Å²) in [5.74, 6) is -0.0812. The number of amides is 1. The molecule has 0 aliphatic carbocycles. The second-order valence-corrected chi connectivity index (χ2v) is 5.67. The van der Waals surface area contributed by atoms with Crippen LogP contribution in [0.5, 0.6) is 5.75 Å². The molecule has 0 spiro atoms. The lowest BCUT2D eigenvalue weighted by Crippen LogP contribution is -2.43. The quantitative estimate of drug-likeness (QED) is 0.911. The third kappa shape index (κ3) is 3.59. The number of phenolic OH excluding ortho intramolecular Hbond substituents is 1. The number of carbonyl (C=O) groups excluding carboxylic acids is 1. The van der Waals surface area contributed by atoms with Gasteiger partial charge in [0.1, 0.15) is 5.75 Å².